The number of carboxylic acid groups (broad SMARTS) is 1. The molecule has 32 heavy (non-hydrogen) atoms. The van der Waals surface area contributed by atoms with E-state index in [0.717, 1.165) is 19.3 Å². The number of nitrogens with one attached hydrogen (secondary N) is 2. The zero-order valence-corrected chi connectivity index (χ0v) is 21.1. The van der Waals surface area contributed by atoms with Crippen molar-refractivity contribution in [3.63, 3.8) is 0 Å². The Kier molecular flexibility index (Phi) is 21.5. The van der Waals surface area contributed by atoms with Gasteiger partial charge in [-0.3, -0.25) is 20.3 Å². The first-order valence-electron chi connectivity index (χ1n) is 13.3. The molecule has 0 unspecified atom stereocenters. The standard InChI is InChI=1S/C26H51N3O3/c1-3-4-5-6-7-8-9-10-11-12-13-14-15-16-17-18-19-20-21-22-24(30)28-26(27)29(2)23-25(31)32/h3-23H2,1-2H3,(H,31,32)(H2,27,28,30). The molecule has 0 aromatic carbocycles. The number of amides is 1. The number of aliphatic carboxylic acids is 1. The van der Waals surface area contributed by atoms with Gasteiger partial charge in [0.2, 0.25) is 5.91 Å². The Morgan fingerprint density at radius 3 is 1.38 bits per heavy atom. The normalized spacial score (nSPS) is 10.8. The van der Waals surface area contributed by atoms with Crippen molar-refractivity contribution in [3.05, 3.63) is 0 Å². The van der Waals surface area contributed by atoms with Gasteiger partial charge in [-0.15, -0.1) is 0 Å². The summed E-state index contributed by atoms with van der Waals surface area (Å²) in [5, 5.41) is 18.8. The Morgan fingerprint density at radius 2 is 1.03 bits per heavy atom. The Labute approximate surface area is 197 Å². The van der Waals surface area contributed by atoms with E-state index in [-0.39, 0.29) is 18.4 Å². The zero-order chi connectivity index (χ0) is 23.9. The monoisotopic (exact) mass is 453 g/mol. The van der Waals surface area contributed by atoms with Crippen LogP contribution in [0.4, 0.5) is 0 Å². The second-order valence-electron chi connectivity index (χ2n) is 9.26. The number of guanidine groups is 1. The molecular formula is C26H51N3O3. The van der Waals surface area contributed by atoms with Crippen molar-refractivity contribution in [1.29, 1.82) is 5.41 Å². The van der Waals surface area contributed by atoms with Crippen LogP contribution in [-0.2, 0) is 9.59 Å². The van der Waals surface area contributed by atoms with Gasteiger partial charge in [-0.1, -0.05) is 122 Å². The molecule has 0 aliphatic heterocycles. The van der Waals surface area contributed by atoms with Crippen LogP contribution in [0.3, 0.4) is 0 Å². The first-order chi connectivity index (χ1) is 15.5. The molecule has 1 amide bonds. The molecule has 0 spiro atoms. The topological polar surface area (TPSA) is 93.5 Å². The molecule has 0 aromatic heterocycles. The predicted octanol–water partition coefficient (Wildman–Crippen LogP) is 6.88. The fourth-order valence-corrected chi connectivity index (χ4v) is 3.94. The van der Waals surface area contributed by atoms with E-state index in [2.05, 4.69) is 12.2 Å². The molecule has 0 bridgehead atoms. The van der Waals surface area contributed by atoms with Crippen molar-refractivity contribution in [1.82, 2.24) is 10.2 Å². The van der Waals surface area contributed by atoms with Gasteiger partial charge in [-0.05, 0) is 6.42 Å². The molecule has 0 saturated carbocycles. The number of carbonyl (C=O) groups is 2. The molecule has 6 heteroatoms. The number of likely N-dealkylation sites (N-methyl/N-ethyl adjacent to an activating group) is 1. The summed E-state index contributed by atoms with van der Waals surface area (Å²) >= 11 is 0. The largest absolute Gasteiger partial charge is 0.480 e. The van der Waals surface area contributed by atoms with E-state index in [4.69, 9.17) is 10.5 Å². The van der Waals surface area contributed by atoms with Crippen molar-refractivity contribution in [2.75, 3.05) is 13.6 Å². The fraction of sp³-hybridized carbons (Fsp3) is 0.885. The van der Waals surface area contributed by atoms with Crippen LogP contribution in [0.1, 0.15) is 135 Å². The first kappa shape index (κ1) is 30.4. The Bertz CT molecular complexity index is 483. The molecule has 188 valence electrons. The molecule has 6 nitrogen and oxygen atoms in total. The zero-order valence-electron chi connectivity index (χ0n) is 21.1. The van der Waals surface area contributed by atoms with Crippen molar-refractivity contribution >= 4 is 17.8 Å². The van der Waals surface area contributed by atoms with Crippen LogP contribution in [0.25, 0.3) is 0 Å². The van der Waals surface area contributed by atoms with E-state index in [1.807, 2.05) is 0 Å². The third-order valence-corrected chi connectivity index (χ3v) is 6.02. The van der Waals surface area contributed by atoms with Gasteiger partial charge in [0.25, 0.3) is 0 Å². The maximum atomic E-state index is 11.8. The summed E-state index contributed by atoms with van der Waals surface area (Å²) in [4.78, 5) is 23.6. The molecule has 0 radical (unpaired) electrons. The van der Waals surface area contributed by atoms with Gasteiger partial charge >= 0.3 is 5.97 Å². The van der Waals surface area contributed by atoms with E-state index in [1.165, 1.54) is 115 Å². The average molecular weight is 454 g/mol. The number of carbonyl (C=O) groups excluding carboxylic acids is 1. The highest BCUT2D eigenvalue weighted by atomic mass is 16.4. The number of carboxylic acids is 1. The molecule has 0 aliphatic rings. The lowest BCUT2D eigenvalue weighted by molar-refractivity contribution is -0.137. The van der Waals surface area contributed by atoms with Crippen molar-refractivity contribution in [2.45, 2.75) is 135 Å². The molecule has 0 aromatic rings. The third-order valence-electron chi connectivity index (χ3n) is 6.02. The molecule has 0 saturated heterocycles. The minimum Gasteiger partial charge on any atom is -0.480 e. The lowest BCUT2D eigenvalue weighted by Crippen LogP contribution is -2.43. The summed E-state index contributed by atoms with van der Waals surface area (Å²) in [7, 11) is 1.48. The number of hydrogen-bond donors (Lipinski definition) is 3. The van der Waals surface area contributed by atoms with Crippen LogP contribution in [0.15, 0.2) is 0 Å². The molecule has 0 aliphatic carbocycles. The second kappa shape index (κ2) is 22.6. The SMILES string of the molecule is CCCCCCCCCCCCCCCCCCCCCC(=O)NC(=N)N(C)CC(=O)O. The van der Waals surface area contributed by atoms with E-state index >= 15 is 0 Å². The lowest BCUT2D eigenvalue weighted by Gasteiger charge is -2.17. The summed E-state index contributed by atoms with van der Waals surface area (Å²) in [6, 6.07) is 0. The van der Waals surface area contributed by atoms with Gasteiger partial charge in [-0.25, -0.2) is 0 Å². The molecular weight excluding hydrogens is 402 g/mol. The van der Waals surface area contributed by atoms with E-state index in [1.54, 1.807) is 0 Å². The highest BCUT2D eigenvalue weighted by Gasteiger charge is 2.11. The van der Waals surface area contributed by atoms with Crippen molar-refractivity contribution < 1.29 is 14.7 Å². The maximum Gasteiger partial charge on any atom is 0.323 e. The first-order valence-corrected chi connectivity index (χ1v) is 13.3. The number of rotatable bonds is 22. The van der Waals surface area contributed by atoms with Gasteiger partial charge in [-0.2, -0.15) is 0 Å². The minimum atomic E-state index is -1.02. The molecule has 0 rings (SSSR count). The smallest absolute Gasteiger partial charge is 0.323 e. The molecule has 0 heterocycles. The molecule has 3 N–H and O–H groups in total. The Hall–Kier alpha value is -1.59. The number of unbranched alkanes of at least 4 members (excludes halogenated alkanes) is 18. The van der Waals surface area contributed by atoms with Crippen molar-refractivity contribution in [3.8, 4) is 0 Å². The van der Waals surface area contributed by atoms with Gasteiger partial charge in [0.1, 0.15) is 6.54 Å². The summed E-state index contributed by atoms with van der Waals surface area (Å²) < 4.78 is 0. The van der Waals surface area contributed by atoms with Gasteiger partial charge in [0.15, 0.2) is 5.96 Å². The second-order valence-corrected chi connectivity index (χ2v) is 9.26. The Balaban J connectivity index is 3.28. The maximum absolute atomic E-state index is 11.8. The van der Waals surface area contributed by atoms with Gasteiger partial charge in [0, 0.05) is 13.5 Å². The lowest BCUT2D eigenvalue weighted by atomic mass is 10.0. The fourth-order valence-electron chi connectivity index (χ4n) is 3.94. The van der Waals surface area contributed by atoms with Crippen LogP contribution < -0.4 is 5.32 Å². The predicted molar refractivity (Wildman–Crippen MR) is 134 cm³/mol. The number of hydrogen-bond acceptors (Lipinski definition) is 3. The van der Waals surface area contributed by atoms with Gasteiger partial charge < -0.3 is 10.0 Å². The molecule has 0 fully saturated rings. The summed E-state index contributed by atoms with van der Waals surface area (Å²) in [6.07, 6.45) is 25.5. The average Bonchev–Trinajstić information content (AvgIpc) is 2.74. The van der Waals surface area contributed by atoms with Crippen LogP contribution in [0, 0.1) is 5.41 Å². The van der Waals surface area contributed by atoms with Crippen molar-refractivity contribution in [2.24, 2.45) is 0 Å². The molecule has 0 atom stereocenters. The van der Waals surface area contributed by atoms with E-state index < -0.39 is 5.97 Å². The summed E-state index contributed by atoms with van der Waals surface area (Å²) in [5.41, 5.74) is 0. The highest BCUT2D eigenvalue weighted by molar-refractivity contribution is 5.96. The quantitative estimate of drug-likeness (QED) is 0.0946. The van der Waals surface area contributed by atoms with Gasteiger partial charge in [0.05, 0.1) is 0 Å². The van der Waals surface area contributed by atoms with E-state index in [9.17, 15) is 9.59 Å². The summed E-state index contributed by atoms with van der Waals surface area (Å²) in [6.45, 7) is 1.98. The third kappa shape index (κ3) is 21.6. The van der Waals surface area contributed by atoms with Crippen LogP contribution in [0.2, 0.25) is 0 Å². The van der Waals surface area contributed by atoms with Crippen LogP contribution in [-0.4, -0.2) is 41.4 Å². The Morgan fingerprint density at radius 1 is 0.688 bits per heavy atom. The van der Waals surface area contributed by atoms with Crippen LogP contribution >= 0.6 is 0 Å². The van der Waals surface area contributed by atoms with Crippen LogP contribution in [0.5, 0.6) is 0 Å². The number of nitrogens with zero attached hydrogens (tertiary/aromatic N) is 1. The summed E-state index contributed by atoms with van der Waals surface area (Å²) in [5.74, 6) is -1.39. The minimum absolute atomic E-state index is 0.157. The highest BCUT2D eigenvalue weighted by Crippen LogP contribution is 2.14. The van der Waals surface area contributed by atoms with E-state index in [0.29, 0.717) is 6.42 Å².